The maximum absolute atomic E-state index is 12.8. The fraction of sp³-hybridized carbons (Fsp3) is 0.455. The van der Waals surface area contributed by atoms with Crippen LogP contribution >= 0.6 is 15.9 Å². The maximum atomic E-state index is 12.8. The van der Waals surface area contributed by atoms with Gasteiger partial charge < -0.3 is 10.2 Å². The molecule has 2 aromatic heterocycles. The van der Waals surface area contributed by atoms with Gasteiger partial charge in [-0.15, -0.1) is 0 Å². The third-order valence-electron chi connectivity index (χ3n) is 5.64. The SMILES string of the molecule is C/C(=C\C(=O)N1CCC(C)C(NC(=O)c2ccc3cncc(Br)c3n2)C1)C(C)C. The van der Waals surface area contributed by atoms with Crippen molar-refractivity contribution in [1.82, 2.24) is 20.2 Å². The largest absolute Gasteiger partial charge is 0.346 e. The zero-order chi connectivity index (χ0) is 21.1. The zero-order valence-corrected chi connectivity index (χ0v) is 18.9. The van der Waals surface area contributed by atoms with Crippen LogP contribution < -0.4 is 5.32 Å². The van der Waals surface area contributed by atoms with Gasteiger partial charge in [0, 0.05) is 43.0 Å². The Morgan fingerprint density at radius 3 is 2.79 bits per heavy atom. The predicted molar refractivity (Wildman–Crippen MR) is 117 cm³/mol. The summed E-state index contributed by atoms with van der Waals surface area (Å²) in [6.07, 6.45) is 5.95. The summed E-state index contributed by atoms with van der Waals surface area (Å²) in [5.41, 5.74) is 2.13. The summed E-state index contributed by atoms with van der Waals surface area (Å²) in [4.78, 5) is 35.9. The first-order valence-corrected chi connectivity index (χ1v) is 10.7. The van der Waals surface area contributed by atoms with Crippen LogP contribution in [0.5, 0.6) is 0 Å². The van der Waals surface area contributed by atoms with Gasteiger partial charge >= 0.3 is 0 Å². The van der Waals surface area contributed by atoms with Crippen LogP contribution in [0.15, 0.2) is 40.6 Å². The van der Waals surface area contributed by atoms with E-state index in [9.17, 15) is 9.59 Å². The van der Waals surface area contributed by atoms with Crippen LogP contribution in [0.1, 0.15) is 44.6 Å². The average Bonchev–Trinajstić information content (AvgIpc) is 2.69. The van der Waals surface area contributed by atoms with E-state index in [-0.39, 0.29) is 23.8 Å². The van der Waals surface area contributed by atoms with Crippen molar-refractivity contribution in [1.29, 1.82) is 0 Å². The Balaban J connectivity index is 1.73. The molecule has 29 heavy (non-hydrogen) atoms. The molecule has 6 nitrogen and oxygen atoms in total. The first-order chi connectivity index (χ1) is 13.8. The van der Waals surface area contributed by atoms with Crippen molar-refractivity contribution in [3.05, 3.63) is 46.3 Å². The number of piperidine rings is 1. The molecule has 0 radical (unpaired) electrons. The number of aromatic nitrogens is 2. The number of pyridine rings is 2. The van der Waals surface area contributed by atoms with Gasteiger partial charge in [-0.25, -0.2) is 4.98 Å². The van der Waals surface area contributed by atoms with Crippen LogP contribution in [0.2, 0.25) is 0 Å². The van der Waals surface area contributed by atoms with Crippen LogP contribution in [-0.2, 0) is 4.79 Å². The summed E-state index contributed by atoms with van der Waals surface area (Å²) in [7, 11) is 0. The zero-order valence-electron chi connectivity index (χ0n) is 17.3. The van der Waals surface area contributed by atoms with Crippen LogP contribution in [0, 0.1) is 11.8 Å². The standard InChI is InChI=1S/C22H27BrN4O2/c1-13(2)15(4)9-20(28)27-8-7-14(3)19(12-27)26-22(29)18-6-5-16-10-24-11-17(23)21(16)25-18/h5-6,9-11,13-14,19H,7-8,12H2,1-4H3,(H,26,29)/b15-9+. The van der Waals surface area contributed by atoms with Crippen molar-refractivity contribution in [3.8, 4) is 0 Å². The molecule has 3 heterocycles. The van der Waals surface area contributed by atoms with Crippen molar-refractivity contribution < 1.29 is 9.59 Å². The van der Waals surface area contributed by atoms with E-state index in [1.807, 2.05) is 17.9 Å². The molecule has 0 bridgehead atoms. The molecule has 1 N–H and O–H groups in total. The number of likely N-dealkylation sites (tertiary alicyclic amines) is 1. The van der Waals surface area contributed by atoms with Gasteiger partial charge in [-0.3, -0.25) is 14.6 Å². The highest BCUT2D eigenvalue weighted by molar-refractivity contribution is 9.10. The number of nitrogens with zero attached hydrogens (tertiary/aromatic N) is 3. The smallest absolute Gasteiger partial charge is 0.270 e. The van der Waals surface area contributed by atoms with E-state index in [0.29, 0.717) is 30.2 Å². The third-order valence-corrected chi connectivity index (χ3v) is 6.22. The Labute approximate surface area is 179 Å². The summed E-state index contributed by atoms with van der Waals surface area (Å²) in [5.74, 6) is 0.416. The Kier molecular flexibility index (Phi) is 6.67. The van der Waals surface area contributed by atoms with Crippen molar-refractivity contribution in [3.63, 3.8) is 0 Å². The topological polar surface area (TPSA) is 75.2 Å². The van der Waals surface area contributed by atoms with Gasteiger partial charge in [-0.1, -0.05) is 26.3 Å². The molecule has 0 saturated carbocycles. The highest BCUT2D eigenvalue weighted by Crippen LogP contribution is 2.22. The van der Waals surface area contributed by atoms with E-state index < -0.39 is 0 Å². The molecular weight excluding hydrogens is 432 g/mol. The number of hydrogen-bond donors (Lipinski definition) is 1. The number of rotatable bonds is 4. The van der Waals surface area contributed by atoms with E-state index in [1.165, 1.54) is 0 Å². The van der Waals surface area contributed by atoms with E-state index in [1.54, 1.807) is 24.5 Å². The monoisotopic (exact) mass is 458 g/mol. The Morgan fingerprint density at radius 2 is 2.07 bits per heavy atom. The minimum absolute atomic E-state index is 0.0163. The highest BCUT2D eigenvalue weighted by Gasteiger charge is 2.30. The normalized spacial score (nSPS) is 20.2. The van der Waals surface area contributed by atoms with Gasteiger partial charge in [0.05, 0.1) is 9.99 Å². The average molecular weight is 459 g/mol. The first kappa shape index (κ1) is 21.4. The molecule has 0 aromatic carbocycles. The molecule has 2 amide bonds. The molecule has 2 unspecified atom stereocenters. The number of hydrogen-bond acceptors (Lipinski definition) is 4. The molecule has 1 aliphatic heterocycles. The van der Waals surface area contributed by atoms with Crippen molar-refractivity contribution in [2.45, 2.75) is 40.2 Å². The third kappa shape index (κ3) is 5.01. The van der Waals surface area contributed by atoms with Gasteiger partial charge in [0.25, 0.3) is 5.91 Å². The Hall–Kier alpha value is -2.28. The first-order valence-electron chi connectivity index (χ1n) is 9.94. The van der Waals surface area contributed by atoms with Crippen molar-refractivity contribution >= 4 is 38.6 Å². The van der Waals surface area contributed by atoms with Crippen LogP contribution in [0.3, 0.4) is 0 Å². The second kappa shape index (κ2) is 9.03. The highest BCUT2D eigenvalue weighted by atomic mass is 79.9. The molecular formula is C22H27BrN4O2. The number of fused-ring (bicyclic) bond motifs is 1. The number of allylic oxidation sites excluding steroid dienone is 1. The molecule has 2 aromatic rings. The quantitative estimate of drug-likeness (QED) is 0.703. The molecule has 154 valence electrons. The van der Waals surface area contributed by atoms with Gasteiger partial charge in [0.1, 0.15) is 5.69 Å². The summed E-state index contributed by atoms with van der Waals surface area (Å²) < 4.78 is 0.750. The predicted octanol–water partition coefficient (Wildman–Crippen LogP) is 3.96. The lowest BCUT2D eigenvalue weighted by Gasteiger charge is -2.37. The van der Waals surface area contributed by atoms with Gasteiger partial charge in [-0.05, 0) is 53.2 Å². The van der Waals surface area contributed by atoms with Gasteiger partial charge in [0.15, 0.2) is 0 Å². The molecule has 0 aliphatic carbocycles. The van der Waals surface area contributed by atoms with Crippen LogP contribution in [0.25, 0.3) is 10.9 Å². The Bertz CT molecular complexity index is 957. The fourth-order valence-electron chi connectivity index (χ4n) is 3.29. The minimum atomic E-state index is -0.226. The second-order valence-electron chi connectivity index (χ2n) is 8.06. The lowest BCUT2D eigenvalue weighted by atomic mass is 9.93. The molecule has 7 heteroatoms. The summed E-state index contributed by atoms with van der Waals surface area (Å²) in [6, 6.07) is 3.44. The summed E-state index contributed by atoms with van der Waals surface area (Å²) in [5, 5.41) is 3.95. The minimum Gasteiger partial charge on any atom is -0.346 e. The lowest BCUT2D eigenvalue weighted by Crippen LogP contribution is -2.53. The molecule has 3 rings (SSSR count). The van der Waals surface area contributed by atoms with Gasteiger partial charge in [0.2, 0.25) is 5.91 Å². The molecule has 1 fully saturated rings. The van der Waals surface area contributed by atoms with Crippen LogP contribution in [0.4, 0.5) is 0 Å². The maximum Gasteiger partial charge on any atom is 0.270 e. The number of amides is 2. The van der Waals surface area contributed by atoms with Crippen molar-refractivity contribution in [2.75, 3.05) is 13.1 Å². The fourth-order valence-corrected chi connectivity index (χ4v) is 3.72. The van der Waals surface area contributed by atoms with Crippen molar-refractivity contribution in [2.24, 2.45) is 11.8 Å². The van der Waals surface area contributed by atoms with Gasteiger partial charge in [-0.2, -0.15) is 0 Å². The number of nitrogens with one attached hydrogen (secondary N) is 1. The molecule has 0 spiro atoms. The Morgan fingerprint density at radius 1 is 1.31 bits per heavy atom. The number of carbonyl (C=O) groups is 2. The molecule has 1 saturated heterocycles. The van der Waals surface area contributed by atoms with E-state index in [0.717, 1.165) is 21.9 Å². The van der Waals surface area contributed by atoms with E-state index >= 15 is 0 Å². The van der Waals surface area contributed by atoms with Crippen LogP contribution in [-0.4, -0.2) is 45.8 Å². The second-order valence-corrected chi connectivity index (χ2v) is 8.92. The van der Waals surface area contributed by atoms with E-state index in [4.69, 9.17) is 0 Å². The summed E-state index contributed by atoms with van der Waals surface area (Å²) >= 11 is 3.44. The number of carbonyl (C=O) groups excluding carboxylic acids is 2. The molecule has 2 atom stereocenters. The lowest BCUT2D eigenvalue weighted by molar-refractivity contribution is -0.127. The van der Waals surface area contributed by atoms with E-state index in [2.05, 4.69) is 52.0 Å². The molecule has 1 aliphatic rings. The number of halogens is 1. The summed E-state index contributed by atoms with van der Waals surface area (Å²) in [6.45, 7) is 9.46.